The molecule has 6 rings (SSSR count). The van der Waals surface area contributed by atoms with E-state index >= 15 is 0 Å². The van der Waals surface area contributed by atoms with Crippen LogP contribution in [0.3, 0.4) is 0 Å². The van der Waals surface area contributed by atoms with Gasteiger partial charge in [0, 0.05) is 36.8 Å². The third-order valence-corrected chi connectivity index (χ3v) is 11.6. The van der Waals surface area contributed by atoms with Crippen molar-refractivity contribution >= 4 is 61.7 Å². The molecule has 0 atom stereocenters. The average Bonchev–Trinajstić information content (AvgIpc) is 3.46. The van der Waals surface area contributed by atoms with Crippen LogP contribution in [-0.4, -0.2) is 65.4 Å². The van der Waals surface area contributed by atoms with Gasteiger partial charge in [0.15, 0.2) is 5.69 Å². The summed E-state index contributed by atoms with van der Waals surface area (Å²) in [5.41, 5.74) is 3.02. The number of halogens is 2. The maximum atomic E-state index is 14.4. The van der Waals surface area contributed by atoms with Crippen LogP contribution in [0.25, 0.3) is 16.5 Å². The van der Waals surface area contributed by atoms with Gasteiger partial charge in [-0.05, 0) is 90.6 Å². The summed E-state index contributed by atoms with van der Waals surface area (Å²) >= 11 is 12.9. The Balaban J connectivity index is 1.38. The highest BCUT2D eigenvalue weighted by atomic mass is 35.5. The molecular formula is C40H41Cl2N5O5S. The summed E-state index contributed by atoms with van der Waals surface area (Å²) in [7, 11) is -4.32. The summed E-state index contributed by atoms with van der Waals surface area (Å²) in [5, 5.41) is 6.66. The lowest BCUT2D eigenvalue weighted by atomic mass is 9.98. The lowest BCUT2D eigenvalue weighted by Crippen LogP contribution is -2.37. The van der Waals surface area contributed by atoms with E-state index in [1.165, 1.54) is 35.0 Å². The fourth-order valence-corrected chi connectivity index (χ4v) is 7.88. The molecule has 0 radical (unpaired) electrons. The molecule has 2 heterocycles. The molecule has 10 nitrogen and oxygen atoms in total. The Hall–Kier alpha value is -4.71. The number of carbonyl (C=O) groups excluding carboxylic acids is 3. The number of carbonyl (C=O) groups is 3. The molecule has 0 spiro atoms. The molecule has 0 fully saturated rings. The number of unbranched alkanes of at least 4 members (excludes halogenated alkanes) is 2. The van der Waals surface area contributed by atoms with Gasteiger partial charge in [0.2, 0.25) is 0 Å². The van der Waals surface area contributed by atoms with Crippen molar-refractivity contribution in [3.05, 3.63) is 123 Å². The third-order valence-electron chi connectivity index (χ3n) is 9.54. The highest BCUT2D eigenvalue weighted by Gasteiger charge is 2.30. The number of rotatable bonds is 12. The van der Waals surface area contributed by atoms with E-state index in [0.29, 0.717) is 54.4 Å². The van der Waals surface area contributed by atoms with Crippen LogP contribution in [0.15, 0.2) is 83.8 Å². The summed E-state index contributed by atoms with van der Waals surface area (Å²) in [6, 6.07) is 21.8. The Morgan fingerprint density at radius 2 is 1.57 bits per heavy atom. The predicted octanol–water partition coefficient (Wildman–Crippen LogP) is 8.00. The Morgan fingerprint density at radius 3 is 2.28 bits per heavy atom. The first kappa shape index (κ1) is 38.0. The van der Waals surface area contributed by atoms with E-state index in [2.05, 4.69) is 23.7 Å². The normalized spacial score (nSPS) is 12.8. The van der Waals surface area contributed by atoms with Gasteiger partial charge in [0.25, 0.3) is 27.7 Å². The van der Waals surface area contributed by atoms with Gasteiger partial charge >= 0.3 is 0 Å². The molecule has 1 N–H and O–H groups in total. The van der Waals surface area contributed by atoms with Crippen molar-refractivity contribution in [1.29, 1.82) is 0 Å². The molecule has 3 amide bonds. The Bertz CT molecular complexity index is 2320. The number of fused-ring (bicyclic) bond motifs is 2. The number of amides is 3. The van der Waals surface area contributed by atoms with Gasteiger partial charge < -0.3 is 9.80 Å². The number of aromatic nitrogens is 2. The summed E-state index contributed by atoms with van der Waals surface area (Å²) in [6.07, 6.45) is 4.14. The maximum absolute atomic E-state index is 14.4. The first-order chi connectivity index (χ1) is 25.4. The number of hydrogen-bond acceptors (Lipinski definition) is 6. The Morgan fingerprint density at radius 1 is 0.868 bits per heavy atom. The fraction of sp³-hybridized carbons (Fsp3) is 0.300. The lowest BCUT2D eigenvalue weighted by molar-refractivity contribution is 0.0732. The van der Waals surface area contributed by atoms with Gasteiger partial charge in [0.1, 0.15) is 0 Å². The van der Waals surface area contributed by atoms with Crippen LogP contribution in [0.2, 0.25) is 10.0 Å². The van der Waals surface area contributed by atoms with E-state index in [-0.39, 0.29) is 38.6 Å². The van der Waals surface area contributed by atoms with Crippen LogP contribution in [-0.2, 0) is 23.0 Å². The van der Waals surface area contributed by atoms with E-state index in [4.69, 9.17) is 23.2 Å². The summed E-state index contributed by atoms with van der Waals surface area (Å²) in [6.45, 7) is 7.74. The molecule has 0 saturated carbocycles. The summed E-state index contributed by atoms with van der Waals surface area (Å²) < 4.78 is 30.5. The number of nitrogens with one attached hydrogen (secondary N) is 1. The zero-order valence-electron chi connectivity index (χ0n) is 29.9. The molecule has 1 aliphatic heterocycles. The van der Waals surface area contributed by atoms with Crippen LogP contribution < -0.4 is 4.72 Å². The zero-order chi connectivity index (χ0) is 37.9. The largest absolute Gasteiger partial charge is 0.337 e. The quantitative estimate of drug-likeness (QED) is 0.137. The average molecular weight is 775 g/mol. The first-order valence-corrected chi connectivity index (χ1v) is 20.0. The molecule has 53 heavy (non-hydrogen) atoms. The zero-order valence-corrected chi connectivity index (χ0v) is 32.2. The number of benzene rings is 4. The van der Waals surface area contributed by atoms with Crippen molar-refractivity contribution in [2.75, 3.05) is 19.6 Å². The number of hydrogen-bond donors (Lipinski definition) is 1. The van der Waals surface area contributed by atoms with Crippen LogP contribution in [0, 0.1) is 6.92 Å². The predicted molar refractivity (Wildman–Crippen MR) is 208 cm³/mol. The molecule has 5 aromatic rings. The van der Waals surface area contributed by atoms with E-state index in [1.54, 1.807) is 41.0 Å². The minimum Gasteiger partial charge on any atom is -0.337 e. The number of nitrogens with zero attached hydrogens (tertiary/aromatic N) is 4. The molecule has 13 heteroatoms. The van der Waals surface area contributed by atoms with Gasteiger partial charge in [-0.1, -0.05) is 86.3 Å². The molecule has 0 unspecified atom stereocenters. The monoisotopic (exact) mass is 773 g/mol. The highest BCUT2D eigenvalue weighted by molar-refractivity contribution is 7.90. The van der Waals surface area contributed by atoms with Gasteiger partial charge in [0.05, 0.1) is 26.9 Å². The van der Waals surface area contributed by atoms with E-state index < -0.39 is 15.9 Å². The van der Waals surface area contributed by atoms with Gasteiger partial charge in [-0.25, -0.2) is 17.8 Å². The lowest BCUT2D eigenvalue weighted by Gasteiger charge is -2.29. The van der Waals surface area contributed by atoms with Crippen LogP contribution >= 0.6 is 23.2 Å². The second kappa shape index (κ2) is 16.1. The molecule has 0 bridgehead atoms. The van der Waals surface area contributed by atoms with Crippen molar-refractivity contribution in [3.8, 4) is 5.69 Å². The van der Waals surface area contributed by atoms with E-state index in [0.717, 1.165) is 42.2 Å². The van der Waals surface area contributed by atoms with Gasteiger partial charge in [-0.15, -0.1) is 0 Å². The van der Waals surface area contributed by atoms with Crippen LogP contribution in [0.4, 0.5) is 0 Å². The molecule has 1 aliphatic rings. The topological polar surface area (TPSA) is 122 Å². The second-order valence-electron chi connectivity index (χ2n) is 13.2. The first-order valence-electron chi connectivity index (χ1n) is 17.7. The minimum atomic E-state index is -4.32. The minimum absolute atomic E-state index is 0.0561. The van der Waals surface area contributed by atoms with Crippen LogP contribution in [0.1, 0.15) is 87.6 Å². The van der Waals surface area contributed by atoms with Gasteiger partial charge in [-0.2, -0.15) is 5.10 Å². The van der Waals surface area contributed by atoms with Crippen LogP contribution in [0.5, 0.6) is 0 Å². The smallest absolute Gasteiger partial charge is 0.275 e. The second-order valence-corrected chi connectivity index (χ2v) is 15.7. The van der Waals surface area contributed by atoms with E-state index in [9.17, 15) is 22.8 Å². The number of sulfonamides is 1. The SMILES string of the molecule is CCCCN(CCCC)C(=O)c1nn(-c2ccc(C(=O)NS(=O)(=O)c3ccc4ccc(Cl)cc4c3)cc2C(=O)N2CCc3ccccc3C2)c(C)c1Cl. The van der Waals surface area contributed by atoms with Crippen molar-refractivity contribution in [1.82, 2.24) is 24.3 Å². The molecule has 0 saturated heterocycles. The molecule has 1 aromatic heterocycles. The fourth-order valence-electron chi connectivity index (χ4n) is 6.49. The van der Waals surface area contributed by atoms with Crippen molar-refractivity contribution < 1.29 is 22.8 Å². The summed E-state index contributed by atoms with van der Waals surface area (Å²) in [4.78, 5) is 45.2. The van der Waals surface area contributed by atoms with Crippen molar-refractivity contribution in [2.24, 2.45) is 0 Å². The van der Waals surface area contributed by atoms with E-state index in [1.807, 2.05) is 24.3 Å². The van der Waals surface area contributed by atoms with Crippen molar-refractivity contribution in [2.45, 2.75) is 64.3 Å². The maximum Gasteiger partial charge on any atom is 0.275 e. The van der Waals surface area contributed by atoms with Crippen molar-refractivity contribution in [3.63, 3.8) is 0 Å². The molecule has 0 aliphatic carbocycles. The standard InChI is InChI=1S/C40H41Cl2N5O5S/c1-4-6-19-45(20-7-5-2)40(50)37-36(42)26(3)47(43-37)35-17-14-29(24-34(35)39(49)46-21-18-27-10-8-9-11-30(27)25-46)38(48)44-53(51,52)33-16-13-28-12-15-32(41)22-31(28)23-33/h8-17,22-24H,4-7,18-21,25H2,1-3H3,(H,44,48). The van der Waals surface area contributed by atoms with Gasteiger partial charge in [-0.3, -0.25) is 14.4 Å². The molecular weight excluding hydrogens is 733 g/mol. The molecule has 276 valence electrons. The highest BCUT2D eigenvalue weighted by Crippen LogP contribution is 2.30. The summed E-state index contributed by atoms with van der Waals surface area (Å²) in [5.74, 6) is -1.60. The molecule has 4 aromatic carbocycles. The third kappa shape index (κ3) is 8.12. The Kier molecular flexibility index (Phi) is 11.6. The Labute approximate surface area is 319 Å².